The van der Waals surface area contributed by atoms with Crippen LogP contribution in [0.4, 0.5) is 4.39 Å². The maximum absolute atomic E-state index is 13.1. The van der Waals surface area contributed by atoms with E-state index in [4.69, 9.17) is 5.14 Å². The summed E-state index contributed by atoms with van der Waals surface area (Å²) in [4.78, 5) is 13.1. The lowest BCUT2D eigenvalue weighted by Gasteiger charge is -2.11. The zero-order valence-electron chi connectivity index (χ0n) is 14.1. The summed E-state index contributed by atoms with van der Waals surface area (Å²) >= 11 is 0. The summed E-state index contributed by atoms with van der Waals surface area (Å²) in [5.74, 6) is -0.341. The van der Waals surface area contributed by atoms with Crippen molar-refractivity contribution in [1.82, 2.24) is 9.13 Å². The van der Waals surface area contributed by atoms with Crippen LogP contribution in [0.5, 0.6) is 0 Å². The number of hydrogen-bond donors (Lipinski definition) is 1. The number of aromatic nitrogens is 2. The minimum atomic E-state index is -3.87. The third kappa shape index (κ3) is 2.75. The second-order valence-corrected chi connectivity index (χ2v) is 8.58. The monoisotopic (exact) mass is 375 g/mol. The fourth-order valence-electron chi connectivity index (χ4n) is 3.27. The maximum Gasteiger partial charge on any atom is 0.329 e. The van der Waals surface area contributed by atoms with Gasteiger partial charge in [0.15, 0.2) is 0 Å². The van der Waals surface area contributed by atoms with Gasteiger partial charge in [0.1, 0.15) is 5.82 Å². The molecule has 1 heterocycles. The van der Waals surface area contributed by atoms with E-state index in [9.17, 15) is 17.6 Å². The van der Waals surface area contributed by atoms with Crippen LogP contribution in [0.1, 0.15) is 25.3 Å². The Labute approximate surface area is 149 Å². The molecule has 1 aliphatic rings. The Morgan fingerprint density at radius 1 is 1.12 bits per heavy atom. The van der Waals surface area contributed by atoms with Crippen LogP contribution in [0, 0.1) is 5.82 Å². The van der Waals surface area contributed by atoms with Gasteiger partial charge in [-0.15, -0.1) is 0 Å². The van der Waals surface area contributed by atoms with Gasteiger partial charge < -0.3 is 0 Å². The number of imidazole rings is 1. The number of nitrogens with zero attached hydrogens (tertiary/aromatic N) is 2. The smallest absolute Gasteiger partial charge is 0.287 e. The van der Waals surface area contributed by atoms with Gasteiger partial charge in [-0.2, -0.15) is 0 Å². The van der Waals surface area contributed by atoms with Crippen molar-refractivity contribution in [2.75, 3.05) is 0 Å². The van der Waals surface area contributed by atoms with Crippen LogP contribution in [0.15, 0.2) is 52.2 Å². The number of fused-ring (bicyclic) bond motifs is 1. The molecule has 136 valence electrons. The number of rotatable bonds is 4. The standard InChI is InChI=1S/C18H18FN3O3S/c1-18(8-9-18)22-16-10-14(26(20,24)25)6-7-15(16)21(17(22)23)11-12-2-4-13(19)5-3-12/h2-7,10H,8-9,11H2,1H3,(H2,20,24,25). The average Bonchev–Trinajstić information content (AvgIpc) is 3.25. The third-order valence-corrected chi connectivity index (χ3v) is 5.91. The molecule has 0 aliphatic heterocycles. The van der Waals surface area contributed by atoms with Gasteiger partial charge in [0.05, 0.1) is 22.5 Å². The third-order valence-electron chi connectivity index (χ3n) is 5.00. The van der Waals surface area contributed by atoms with E-state index in [1.54, 1.807) is 27.3 Å². The first-order chi connectivity index (χ1) is 12.2. The van der Waals surface area contributed by atoms with Crippen LogP contribution in [-0.2, 0) is 22.1 Å². The molecule has 2 aromatic carbocycles. The molecule has 1 saturated carbocycles. The molecule has 4 rings (SSSR count). The van der Waals surface area contributed by atoms with Crippen molar-refractivity contribution in [2.45, 2.75) is 36.7 Å². The molecule has 0 amide bonds. The van der Waals surface area contributed by atoms with E-state index in [0.29, 0.717) is 11.0 Å². The van der Waals surface area contributed by atoms with Crippen molar-refractivity contribution in [3.63, 3.8) is 0 Å². The Kier molecular flexibility index (Phi) is 3.61. The minimum Gasteiger partial charge on any atom is -0.287 e. The normalized spacial score (nSPS) is 16.1. The minimum absolute atomic E-state index is 0.0260. The lowest BCUT2D eigenvalue weighted by molar-refractivity contribution is 0.516. The fourth-order valence-corrected chi connectivity index (χ4v) is 3.80. The van der Waals surface area contributed by atoms with Crippen LogP contribution in [0.2, 0.25) is 0 Å². The highest BCUT2D eigenvalue weighted by atomic mass is 32.2. The van der Waals surface area contributed by atoms with E-state index in [1.807, 2.05) is 6.92 Å². The van der Waals surface area contributed by atoms with Crippen molar-refractivity contribution < 1.29 is 12.8 Å². The predicted octanol–water partition coefficient (Wildman–Crippen LogP) is 2.15. The number of primary sulfonamides is 1. The first kappa shape index (κ1) is 17.0. The molecule has 0 unspecified atom stereocenters. The van der Waals surface area contributed by atoms with Crippen LogP contribution >= 0.6 is 0 Å². The molecule has 0 saturated heterocycles. The molecule has 1 aliphatic carbocycles. The topological polar surface area (TPSA) is 87.1 Å². The highest BCUT2D eigenvalue weighted by Crippen LogP contribution is 2.43. The molecule has 6 nitrogen and oxygen atoms in total. The van der Waals surface area contributed by atoms with Gasteiger partial charge in [-0.25, -0.2) is 22.7 Å². The zero-order valence-corrected chi connectivity index (χ0v) is 15.0. The highest BCUT2D eigenvalue weighted by Gasteiger charge is 2.42. The second-order valence-electron chi connectivity index (χ2n) is 7.02. The number of hydrogen-bond acceptors (Lipinski definition) is 3. The summed E-state index contributed by atoms with van der Waals surface area (Å²) in [6.07, 6.45) is 1.70. The molecular formula is C18H18FN3O3S. The molecular weight excluding hydrogens is 357 g/mol. The lowest BCUT2D eigenvalue weighted by Crippen LogP contribution is -2.30. The number of halogens is 1. The molecule has 3 aromatic rings. The Morgan fingerprint density at radius 2 is 1.77 bits per heavy atom. The van der Waals surface area contributed by atoms with Crippen LogP contribution in [-0.4, -0.2) is 17.6 Å². The first-order valence-corrected chi connectivity index (χ1v) is 9.77. The van der Waals surface area contributed by atoms with Gasteiger partial charge in [-0.05, 0) is 55.7 Å². The maximum atomic E-state index is 13.1. The van der Waals surface area contributed by atoms with Crippen LogP contribution in [0.25, 0.3) is 11.0 Å². The average molecular weight is 375 g/mol. The first-order valence-electron chi connectivity index (χ1n) is 8.22. The molecule has 0 bridgehead atoms. The molecule has 8 heteroatoms. The van der Waals surface area contributed by atoms with Crippen LogP contribution < -0.4 is 10.8 Å². The number of sulfonamides is 1. The SMILES string of the molecule is CC1(n2c(=O)n(Cc3ccc(F)cc3)c3ccc(S(N)(=O)=O)cc32)CC1. The Morgan fingerprint density at radius 3 is 2.35 bits per heavy atom. The number of benzene rings is 2. The van der Waals surface area contributed by atoms with Gasteiger partial charge in [0.2, 0.25) is 10.0 Å². The quantitative estimate of drug-likeness (QED) is 0.758. The van der Waals surface area contributed by atoms with E-state index >= 15 is 0 Å². The van der Waals surface area contributed by atoms with Crippen molar-refractivity contribution in [3.05, 3.63) is 64.3 Å². The van der Waals surface area contributed by atoms with E-state index in [0.717, 1.165) is 18.4 Å². The Hall–Kier alpha value is -2.45. The summed E-state index contributed by atoms with van der Waals surface area (Å²) in [5.41, 5.74) is 1.42. The molecule has 1 aromatic heterocycles. The highest BCUT2D eigenvalue weighted by molar-refractivity contribution is 7.89. The predicted molar refractivity (Wildman–Crippen MR) is 96.0 cm³/mol. The zero-order chi connectivity index (χ0) is 18.7. The molecule has 0 radical (unpaired) electrons. The Balaban J connectivity index is 1.94. The second kappa shape index (κ2) is 5.52. The molecule has 0 spiro atoms. The molecule has 1 fully saturated rings. The van der Waals surface area contributed by atoms with E-state index in [1.165, 1.54) is 24.3 Å². The Bertz CT molecular complexity index is 1170. The van der Waals surface area contributed by atoms with E-state index in [2.05, 4.69) is 0 Å². The van der Waals surface area contributed by atoms with Gasteiger partial charge in [0, 0.05) is 5.54 Å². The number of nitrogens with two attached hydrogens (primary N) is 1. The molecule has 2 N–H and O–H groups in total. The fraction of sp³-hybridized carbons (Fsp3) is 0.278. The van der Waals surface area contributed by atoms with Gasteiger partial charge >= 0.3 is 5.69 Å². The van der Waals surface area contributed by atoms with Crippen molar-refractivity contribution >= 4 is 21.1 Å². The van der Waals surface area contributed by atoms with Crippen molar-refractivity contribution in [3.8, 4) is 0 Å². The van der Waals surface area contributed by atoms with Crippen molar-refractivity contribution in [1.29, 1.82) is 0 Å². The van der Waals surface area contributed by atoms with E-state index < -0.39 is 10.0 Å². The van der Waals surface area contributed by atoms with Gasteiger partial charge in [-0.1, -0.05) is 12.1 Å². The summed E-state index contributed by atoms with van der Waals surface area (Å²) in [6, 6.07) is 10.4. The summed E-state index contributed by atoms with van der Waals surface area (Å²) in [5, 5.41) is 5.25. The molecule has 26 heavy (non-hydrogen) atoms. The van der Waals surface area contributed by atoms with Crippen LogP contribution in [0.3, 0.4) is 0 Å². The van der Waals surface area contributed by atoms with Crippen molar-refractivity contribution in [2.24, 2.45) is 5.14 Å². The summed E-state index contributed by atoms with van der Waals surface area (Å²) in [7, 11) is -3.87. The summed E-state index contributed by atoms with van der Waals surface area (Å²) in [6.45, 7) is 2.24. The summed E-state index contributed by atoms with van der Waals surface area (Å²) < 4.78 is 39.8. The van der Waals surface area contributed by atoms with E-state index in [-0.39, 0.29) is 28.5 Å². The van der Waals surface area contributed by atoms with Gasteiger partial charge in [0.25, 0.3) is 0 Å². The van der Waals surface area contributed by atoms with Gasteiger partial charge in [-0.3, -0.25) is 9.13 Å². The molecule has 0 atom stereocenters. The largest absolute Gasteiger partial charge is 0.329 e. The lowest BCUT2D eigenvalue weighted by atomic mass is 10.2.